The maximum Gasteiger partial charge on any atom is 0.128 e. The van der Waals surface area contributed by atoms with E-state index in [-0.39, 0.29) is 0 Å². The summed E-state index contributed by atoms with van der Waals surface area (Å²) in [6, 6.07) is 6.35. The Morgan fingerprint density at radius 3 is 0.967 bits per heavy atom. The van der Waals surface area contributed by atoms with E-state index >= 15 is 0 Å². The SMILES string of the molecule is O=C=C1C=CC(c2cc(C3=CCC(=C=O)C=C3)cc(C3=CCC(=C=O)C=C3)c2)=CC1. The molecule has 0 spiro atoms. The van der Waals surface area contributed by atoms with Crippen molar-refractivity contribution >= 4 is 34.5 Å². The van der Waals surface area contributed by atoms with E-state index in [2.05, 4.69) is 18.2 Å². The molecule has 3 aliphatic carbocycles. The zero-order valence-electron chi connectivity index (χ0n) is 16.3. The highest BCUT2D eigenvalue weighted by molar-refractivity contribution is 5.88. The fourth-order valence-electron chi connectivity index (χ4n) is 3.64. The Labute approximate surface area is 174 Å². The molecule has 1 aromatic rings. The Morgan fingerprint density at radius 2 is 0.767 bits per heavy atom. The second kappa shape index (κ2) is 8.57. The van der Waals surface area contributed by atoms with Crippen LogP contribution >= 0.6 is 0 Å². The summed E-state index contributed by atoms with van der Waals surface area (Å²) in [6.45, 7) is 0. The van der Waals surface area contributed by atoms with Gasteiger partial charge in [-0.15, -0.1) is 0 Å². The third kappa shape index (κ3) is 4.05. The van der Waals surface area contributed by atoms with Gasteiger partial charge in [-0.3, -0.25) is 0 Å². The molecule has 0 aliphatic heterocycles. The van der Waals surface area contributed by atoms with Crippen molar-refractivity contribution in [2.24, 2.45) is 0 Å². The molecule has 0 atom stereocenters. The van der Waals surface area contributed by atoms with Gasteiger partial charge in [0.25, 0.3) is 0 Å². The number of hydrogen-bond acceptors (Lipinski definition) is 3. The zero-order chi connectivity index (χ0) is 20.9. The van der Waals surface area contributed by atoms with Crippen molar-refractivity contribution in [3.05, 3.63) is 106 Å². The van der Waals surface area contributed by atoms with Crippen LogP contribution in [0.1, 0.15) is 36.0 Å². The highest BCUT2D eigenvalue weighted by atomic mass is 16.1. The molecule has 0 N–H and O–H groups in total. The molecule has 3 aliphatic rings. The monoisotopic (exact) mass is 390 g/mol. The molecule has 1 aromatic carbocycles. The van der Waals surface area contributed by atoms with Crippen LogP contribution in [0.4, 0.5) is 0 Å². The molecule has 30 heavy (non-hydrogen) atoms. The van der Waals surface area contributed by atoms with Gasteiger partial charge in [0.2, 0.25) is 0 Å². The smallest absolute Gasteiger partial charge is 0.128 e. The van der Waals surface area contributed by atoms with Crippen LogP contribution in [0.2, 0.25) is 0 Å². The minimum atomic E-state index is 0.557. The van der Waals surface area contributed by atoms with Gasteiger partial charge >= 0.3 is 0 Å². The van der Waals surface area contributed by atoms with E-state index in [4.69, 9.17) is 0 Å². The molecule has 0 aromatic heterocycles. The lowest BCUT2D eigenvalue weighted by Gasteiger charge is -2.16. The lowest BCUT2D eigenvalue weighted by Crippen LogP contribution is -1.97. The van der Waals surface area contributed by atoms with Gasteiger partial charge in [-0.05, 0) is 69.8 Å². The van der Waals surface area contributed by atoms with Crippen molar-refractivity contribution in [2.45, 2.75) is 19.3 Å². The molecule has 0 heterocycles. The van der Waals surface area contributed by atoms with Gasteiger partial charge in [-0.1, -0.05) is 36.5 Å². The van der Waals surface area contributed by atoms with Crippen LogP contribution in [0.3, 0.4) is 0 Å². The normalized spacial score (nSPS) is 17.6. The van der Waals surface area contributed by atoms with Crippen LogP contribution in [-0.4, -0.2) is 17.8 Å². The largest absolute Gasteiger partial charge is 0.233 e. The zero-order valence-corrected chi connectivity index (χ0v) is 16.3. The van der Waals surface area contributed by atoms with Gasteiger partial charge in [0.1, 0.15) is 17.8 Å². The van der Waals surface area contributed by atoms with Crippen LogP contribution in [0, 0.1) is 0 Å². The predicted molar refractivity (Wildman–Crippen MR) is 119 cm³/mol. The minimum Gasteiger partial charge on any atom is -0.233 e. The van der Waals surface area contributed by atoms with Crippen molar-refractivity contribution in [2.75, 3.05) is 0 Å². The second-order valence-electron chi connectivity index (χ2n) is 7.27. The third-order valence-electron chi connectivity index (χ3n) is 5.34. The predicted octanol–water partition coefficient (Wildman–Crippen LogP) is 4.99. The van der Waals surface area contributed by atoms with E-state index in [1.165, 1.54) is 0 Å². The fourth-order valence-corrected chi connectivity index (χ4v) is 3.64. The molecule has 0 saturated heterocycles. The van der Waals surface area contributed by atoms with Crippen LogP contribution < -0.4 is 0 Å². The van der Waals surface area contributed by atoms with Crippen LogP contribution in [0.5, 0.6) is 0 Å². The van der Waals surface area contributed by atoms with Gasteiger partial charge in [-0.25, -0.2) is 14.4 Å². The molecule has 0 unspecified atom stereocenters. The summed E-state index contributed by atoms with van der Waals surface area (Å²) in [7, 11) is 0. The molecule has 144 valence electrons. The quantitative estimate of drug-likeness (QED) is 0.683. The second-order valence-corrected chi connectivity index (χ2v) is 7.27. The summed E-state index contributed by atoms with van der Waals surface area (Å²) >= 11 is 0. The average Bonchev–Trinajstić information content (AvgIpc) is 2.84. The van der Waals surface area contributed by atoms with Crippen LogP contribution in [-0.2, 0) is 14.4 Å². The highest BCUT2D eigenvalue weighted by Gasteiger charge is 2.13. The Morgan fingerprint density at radius 1 is 0.467 bits per heavy atom. The van der Waals surface area contributed by atoms with E-state index in [0.29, 0.717) is 36.0 Å². The molecule has 0 fully saturated rings. The number of rotatable bonds is 3. The van der Waals surface area contributed by atoms with Crippen LogP contribution in [0.15, 0.2) is 89.6 Å². The Hall–Kier alpha value is -3.99. The summed E-state index contributed by atoms with van der Waals surface area (Å²) in [6.07, 6.45) is 19.0. The van der Waals surface area contributed by atoms with E-state index < -0.39 is 0 Å². The molecule has 4 rings (SSSR count). The van der Waals surface area contributed by atoms with Crippen molar-refractivity contribution in [3.8, 4) is 0 Å². The van der Waals surface area contributed by atoms with Gasteiger partial charge in [0.15, 0.2) is 0 Å². The van der Waals surface area contributed by atoms with Crippen molar-refractivity contribution in [1.29, 1.82) is 0 Å². The molecule has 0 saturated carbocycles. The summed E-state index contributed by atoms with van der Waals surface area (Å²) in [4.78, 5) is 32.7. The summed E-state index contributed by atoms with van der Waals surface area (Å²) in [5.41, 5.74) is 8.15. The Kier molecular flexibility index (Phi) is 5.52. The van der Waals surface area contributed by atoms with Crippen molar-refractivity contribution < 1.29 is 14.4 Å². The summed E-state index contributed by atoms with van der Waals surface area (Å²) in [5.74, 6) is 5.86. The Bertz CT molecular complexity index is 1090. The average molecular weight is 390 g/mol. The minimum absolute atomic E-state index is 0.557. The topological polar surface area (TPSA) is 51.2 Å². The first-order valence-corrected chi connectivity index (χ1v) is 9.73. The molecule has 0 radical (unpaired) electrons. The maximum atomic E-state index is 10.9. The van der Waals surface area contributed by atoms with Gasteiger partial charge < -0.3 is 0 Å². The van der Waals surface area contributed by atoms with Crippen molar-refractivity contribution in [3.63, 3.8) is 0 Å². The number of carbonyl (C=O) groups excluding carboxylic acids is 3. The molecule has 3 heteroatoms. The molecular formula is C27H18O3. The van der Waals surface area contributed by atoms with E-state index in [1.54, 1.807) is 18.2 Å². The van der Waals surface area contributed by atoms with Gasteiger partial charge in [0.05, 0.1) is 0 Å². The van der Waals surface area contributed by atoms with Gasteiger partial charge in [-0.2, -0.15) is 0 Å². The fraction of sp³-hybridized carbons (Fsp3) is 0.111. The third-order valence-corrected chi connectivity index (χ3v) is 5.34. The summed E-state index contributed by atoms with van der Waals surface area (Å²) in [5, 5.41) is 0. The number of hydrogen-bond donors (Lipinski definition) is 0. The number of allylic oxidation sites excluding steroid dienone is 15. The van der Waals surface area contributed by atoms with Crippen molar-refractivity contribution in [1.82, 2.24) is 0 Å². The number of benzene rings is 1. The maximum absolute atomic E-state index is 10.9. The standard InChI is InChI=1S/C27H18O3/c28-16-19-1-7-22(8-2-19)25-13-26(23-9-3-20(17-29)4-10-23)15-27(14-25)24-11-5-21(18-30)6-12-24/h1,3,5,7-15H,2,4,6H2. The first-order valence-electron chi connectivity index (χ1n) is 9.73. The molecule has 0 amide bonds. The Balaban J connectivity index is 1.78. The highest BCUT2D eigenvalue weighted by Crippen LogP contribution is 2.33. The van der Waals surface area contributed by atoms with E-state index in [1.807, 2.05) is 54.3 Å². The lowest BCUT2D eigenvalue weighted by molar-refractivity contribution is 0.566. The van der Waals surface area contributed by atoms with E-state index in [9.17, 15) is 14.4 Å². The molecule has 0 bridgehead atoms. The van der Waals surface area contributed by atoms with E-state index in [0.717, 1.165) is 33.4 Å². The lowest BCUT2D eigenvalue weighted by atomic mass is 9.88. The molecule has 3 nitrogen and oxygen atoms in total. The van der Waals surface area contributed by atoms with Crippen LogP contribution in [0.25, 0.3) is 16.7 Å². The summed E-state index contributed by atoms with van der Waals surface area (Å²) < 4.78 is 0. The first-order chi connectivity index (χ1) is 14.7. The van der Waals surface area contributed by atoms with Gasteiger partial charge in [0, 0.05) is 36.0 Å². The first kappa shape index (κ1) is 19.3. The molecular weight excluding hydrogens is 372 g/mol.